The van der Waals surface area contributed by atoms with Gasteiger partial charge in [0.2, 0.25) is 10.0 Å². The summed E-state index contributed by atoms with van der Waals surface area (Å²) in [6.07, 6.45) is 4.47. The van der Waals surface area contributed by atoms with Crippen LogP contribution in [0.1, 0.15) is 64.3 Å². The molecular formula is C24H31N3O4S2. The van der Waals surface area contributed by atoms with E-state index in [0.29, 0.717) is 41.1 Å². The van der Waals surface area contributed by atoms with Crippen LogP contribution in [0.2, 0.25) is 0 Å². The molecule has 9 heteroatoms. The maximum atomic E-state index is 13.0. The van der Waals surface area contributed by atoms with Crippen LogP contribution in [0.15, 0.2) is 29.2 Å². The smallest absolute Gasteiger partial charge is 0.256 e. The zero-order chi connectivity index (χ0) is 23.8. The summed E-state index contributed by atoms with van der Waals surface area (Å²) in [5.41, 5.74) is 1.94. The van der Waals surface area contributed by atoms with Gasteiger partial charge in [-0.25, -0.2) is 8.42 Å². The summed E-state index contributed by atoms with van der Waals surface area (Å²) >= 11 is 1.46. The topological polar surface area (TPSA) is 95.6 Å². The lowest BCUT2D eigenvalue weighted by Gasteiger charge is -2.29. The van der Waals surface area contributed by atoms with E-state index in [1.165, 1.54) is 39.9 Å². The molecule has 1 atom stereocenters. The fraction of sp³-hybridized carbons (Fsp3) is 0.500. The fourth-order valence-corrected chi connectivity index (χ4v) is 7.40. The lowest BCUT2D eigenvalue weighted by molar-refractivity contribution is 0.0963. The first-order valence-electron chi connectivity index (χ1n) is 11.5. The number of carbonyl (C=O) groups is 2. The SMILES string of the molecule is CNC(=O)c1c(NC(=O)c2ccc(S(=O)(=O)N3CCC(C)CC3)cc2)sc2c1CCC(C)C2. The summed E-state index contributed by atoms with van der Waals surface area (Å²) in [5.74, 6) is 0.528. The lowest BCUT2D eigenvalue weighted by Crippen LogP contribution is -2.37. The quantitative estimate of drug-likeness (QED) is 0.666. The highest BCUT2D eigenvalue weighted by atomic mass is 32.2. The molecule has 1 aliphatic carbocycles. The highest BCUT2D eigenvalue weighted by Crippen LogP contribution is 2.39. The standard InChI is InChI=1S/C24H31N3O4S2/c1-15-10-12-27(13-11-15)33(30,31)18-7-5-17(6-8-18)22(28)26-24-21(23(29)25-3)19-9-4-16(2)14-20(19)32-24/h5-8,15-16H,4,9-14H2,1-3H3,(H,25,29)(H,26,28). The number of piperidine rings is 1. The lowest BCUT2D eigenvalue weighted by atomic mass is 9.88. The number of benzene rings is 1. The Bertz CT molecular complexity index is 1150. The molecule has 1 unspecified atom stereocenters. The van der Waals surface area contributed by atoms with Crippen LogP contribution in [0.4, 0.5) is 5.00 Å². The van der Waals surface area contributed by atoms with Gasteiger partial charge in [-0.15, -0.1) is 11.3 Å². The zero-order valence-electron chi connectivity index (χ0n) is 19.3. The predicted molar refractivity (Wildman–Crippen MR) is 130 cm³/mol. The second-order valence-corrected chi connectivity index (χ2v) is 12.2. The van der Waals surface area contributed by atoms with Crippen molar-refractivity contribution < 1.29 is 18.0 Å². The first-order chi connectivity index (χ1) is 15.7. The van der Waals surface area contributed by atoms with E-state index in [-0.39, 0.29) is 16.7 Å². The van der Waals surface area contributed by atoms with Gasteiger partial charge in [0.15, 0.2) is 0 Å². The van der Waals surface area contributed by atoms with Gasteiger partial charge in [0.1, 0.15) is 5.00 Å². The van der Waals surface area contributed by atoms with E-state index in [0.717, 1.165) is 42.5 Å². The fourth-order valence-electron chi connectivity index (χ4n) is 4.53. The Morgan fingerprint density at radius 1 is 1.00 bits per heavy atom. The Morgan fingerprint density at radius 2 is 1.67 bits per heavy atom. The summed E-state index contributed by atoms with van der Waals surface area (Å²) in [6, 6.07) is 6.04. The van der Waals surface area contributed by atoms with E-state index in [2.05, 4.69) is 24.5 Å². The van der Waals surface area contributed by atoms with Crippen LogP contribution in [-0.2, 0) is 22.9 Å². The number of amides is 2. The van der Waals surface area contributed by atoms with Crippen LogP contribution in [0, 0.1) is 11.8 Å². The van der Waals surface area contributed by atoms with Crippen LogP contribution in [0.5, 0.6) is 0 Å². The summed E-state index contributed by atoms with van der Waals surface area (Å²) in [7, 11) is -1.98. The zero-order valence-corrected chi connectivity index (χ0v) is 20.9. The number of fused-ring (bicyclic) bond motifs is 1. The molecule has 0 radical (unpaired) electrons. The monoisotopic (exact) mass is 489 g/mol. The minimum Gasteiger partial charge on any atom is -0.355 e. The third-order valence-electron chi connectivity index (χ3n) is 6.69. The number of nitrogens with one attached hydrogen (secondary N) is 2. The van der Waals surface area contributed by atoms with Crippen molar-refractivity contribution in [2.24, 2.45) is 11.8 Å². The Balaban J connectivity index is 1.53. The number of sulfonamides is 1. The highest BCUT2D eigenvalue weighted by Gasteiger charge is 2.29. The summed E-state index contributed by atoms with van der Waals surface area (Å²) in [4.78, 5) is 26.9. The van der Waals surface area contributed by atoms with E-state index in [1.807, 2.05) is 0 Å². The van der Waals surface area contributed by atoms with Gasteiger partial charge in [-0.1, -0.05) is 13.8 Å². The molecule has 2 N–H and O–H groups in total. The number of carbonyl (C=O) groups excluding carboxylic acids is 2. The van der Waals surface area contributed by atoms with E-state index >= 15 is 0 Å². The summed E-state index contributed by atoms with van der Waals surface area (Å²) < 4.78 is 27.4. The molecule has 0 spiro atoms. The highest BCUT2D eigenvalue weighted by molar-refractivity contribution is 7.89. The van der Waals surface area contributed by atoms with Gasteiger partial charge in [0.25, 0.3) is 11.8 Å². The van der Waals surface area contributed by atoms with Crippen molar-refractivity contribution in [2.45, 2.75) is 50.8 Å². The molecule has 4 rings (SSSR count). The molecule has 1 aliphatic heterocycles. The Morgan fingerprint density at radius 3 is 2.30 bits per heavy atom. The molecule has 178 valence electrons. The first-order valence-corrected chi connectivity index (χ1v) is 13.7. The molecule has 1 aromatic carbocycles. The normalized spacial score (nSPS) is 19.7. The molecule has 0 bridgehead atoms. The maximum Gasteiger partial charge on any atom is 0.256 e. The third-order valence-corrected chi connectivity index (χ3v) is 9.77. The molecule has 1 aromatic heterocycles. The number of hydrogen-bond donors (Lipinski definition) is 2. The number of nitrogens with zero attached hydrogens (tertiary/aromatic N) is 1. The Hall–Kier alpha value is -2.23. The molecule has 7 nitrogen and oxygen atoms in total. The van der Waals surface area contributed by atoms with Crippen molar-refractivity contribution in [3.8, 4) is 0 Å². The molecule has 2 aromatic rings. The second-order valence-electron chi connectivity index (χ2n) is 9.20. The van der Waals surface area contributed by atoms with Crippen molar-refractivity contribution in [3.05, 3.63) is 45.8 Å². The van der Waals surface area contributed by atoms with E-state index in [4.69, 9.17) is 0 Å². The van der Waals surface area contributed by atoms with Gasteiger partial charge < -0.3 is 10.6 Å². The molecule has 2 amide bonds. The maximum absolute atomic E-state index is 13.0. The first kappa shape index (κ1) is 23.9. The number of thiophene rings is 1. The van der Waals surface area contributed by atoms with Crippen LogP contribution in [0.3, 0.4) is 0 Å². The van der Waals surface area contributed by atoms with Crippen LogP contribution in [0.25, 0.3) is 0 Å². The predicted octanol–water partition coefficient (Wildman–Crippen LogP) is 3.91. The van der Waals surface area contributed by atoms with Gasteiger partial charge in [0, 0.05) is 30.6 Å². The van der Waals surface area contributed by atoms with Gasteiger partial charge in [-0.05, 0) is 73.8 Å². The van der Waals surface area contributed by atoms with Crippen LogP contribution < -0.4 is 10.6 Å². The average Bonchev–Trinajstić information content (AvgIpc) is 3.15. The Kier molecular flexibility index (Phi) is 6.93. The van der Waals surface area contributed by atoms with Crippen LogP contribution in [-0.4, -0.2) is 44.7 Å². The number of hydrogen-bond acceptors (Lipinski definition) is 5. The molecule has 0 saturated carbocycles. The van der Waals surface area contributed by atoms with Crippen molar-refractivity contribution in [1.29, 1.82) is 0 Å². The van der Waals surface area contributed by atoms with Crippen LogP contribution >= 0.6 is 11.3 Å². The van der Waals surface area contributed by atoms with Crippen molar-refractivity contribution >= 4 is 38.2 Å². The third kappa shape index (κ3) is 4.85. The van der Waals surface area contributed by atoms with E-state index < -0.39 is 10.0 Å². The van der Waals surface area contributed by atoms with Gasteiger partial charge in [-0.3, -0.25) is 9.59 Å². The molecule has 2 aliphatic rings. The number of anilines is 1. The largest absolute Gasteiger partial charge is 0.355 e. The minimum atomic E-state index is -3.56. The molecule has 1 saturated heterocycles. The number of rotatable bonds is 5. The second kappa shape index (κ2) is 9.56. The van der Waals surface area contributed by atoms with Crippen molar-refractivity contribution in [2.75, 3.05) is 25.5 Å². The van der Waals surface area contributed by atoms with Crippen molar-refractivity contribution in [3.63, 3.8) is 0 Å². The molecule has 1 fully saturated rings. The summed E-state index contributed by atoms with van der Waals surface area (Å²) in [6.45, 7) is 5.38. The molecule has 2 heterocycles. The van der Waals surface area contributed by atoms with E-state index in [1.54, 1.807) is 7.05 Å². The average molecular weight is 490 g/mol. The van der Waals surface area contributed by atoms with E-state index in [9.17, 15) is 18.0 Å². The molecule has 33 heavy (non-hydrogen) atoms. The Labute approximate surface area is 199 Å². The molecular weight excluding hydrogens is 458 g/mol. The van der Waals surface area contributed by atoms with Crippen molar-refractivity contribution in [1.82, 2.24) is 9.62 Å². The minimum absolute atomic E-state index is 0.195. The van der Waals surface area contributed by atoms with Gasteiger partial charge in [-0.2, -0.15) is 4.31 Å². The summed E-state index contributed by atoms with van der Waals surface area (Å²) in [5, 5.41) is 6.14. The van der Waals surface area contributed by atoms with Gasteiger partial charge in [0.05, 0.1) is 10.5 Å². The van der Waals surface area contributed by atoms with Gasteiger partial charge >= 0.3 is 0 Å².